The molecule has 20 heavy (non-hydrogen) atoms. The van der Waals surface area contributed by atoms with E-state index in [2.05, 4.69) is 22.8 Å². The molecule has 1 amide bonds. The van der Waals surface area contributed by atoms with E-state index in [1.807, 2.05) is 11.3 Å². The Morgan fingerprint density at radius 2 is 2.10 bits per heavy atom. The summed E-state index contributed by atoms with van der Waals surface area (Å²) in [4.78, 5) is 13.4. The van der Waals surface area contributed by atoms with Crippen molar-refractivity contribution >= 4 is 17.2 Å². The number of hydrogen-bond donors (Lipinski definition) is 2. The molecule has 1 fully saturated rings. The van der Waals surface area contributed by atoms with Gasteiger partial charge in [0.15, 0.2) is 0 Å². The van der Waals surface area contributed by atoms with Crippen molar-refractivity contribution in [1.82, 2.24) is 5.32 Å². The average Bonchev–Trinajstić information content (AvgIpc) is 3.10. The lowest BCUT2D eigenvalue weighted by Gasteiger charge is -2.28. The van der Waals surface area contributed by atoms with E-state index >= 15 is 0 Å². The normalized spacial score (nSPS) is 17.2. The Morgan fingerprint density at radius 3 is 2.75 bits per heavy atom. The Morgan fingerprint density at radius 1 is 1.30 bits per heavy atom. The molecule has 0 unspecified atom stereocenters. The molecule has 4 heteroatoms. The first kappa shape index (κ1) is 15.5. The van der Waals surface area contributed by atoms with Crippen LogP contribution in [0.15, 0.2) is 17.5 Å². The molecule has 2 rings (SSSR count). The zero-order valence-electron chi connectivity index (χ0n) is 12.2. The fourth-order valence-electron chi connectivity index (χ4n) is 3.01. The van der Waals surface area contributed by atoms with E-state index in [9.17, 15) is 4.79 Å². The van der Waals surface area contributed by atoms with Crippen LogP contribution in [0.5, 0.6) is 0 Å². The summed E-state index contributed by atoms with van der Waals surface area (Å²) in [6.07, 6.45) is 9.56. The zero-order chi connectivity index (χ0) is 14.3. The summed E-state index contributed by atoms with van der Waals surface area (Å²) < 4.78 is 0. The van der Waals surface area contributed by atoms with Gasteiger partial charge < -0.3 is 11.1 Å². The molecule has 1 aromatic rings. The van der Waals surface area contributed by atoms with E-state index in [0.717, 1.165) is 32.1 Å². The summed E-state index contributed by atoms with van der Waals surface area (Å²) in [6, 6.07) is 4.28. The summed E-state index contributed by atoms with van der Waals surface area (Å²) in [5.41, 5.74) is 5.74. The third-order valence-electron chi connectivity index (χ3n) is 4.26. The van der Waals surface area contributed by atoms with Gasteiger partial charge in [-0.1, -0.05) is 25.3 Å². The first-order valence-electron chi connectivity index (χ1n) is 7.78. The highest BCUT2D eigenvalue weighted by molar-refractivity contribution is 7.09. The van der Waals surface area contributed by atoms with Crippen LogP contribution in [-0.2, 0) is 11.2 Å². The standard InChI is InChI=1S/C16H26N2OS/c17-13-16(10-4-5-11-16)18-15(19)9-3-1-2-7-14-8-6-12-20-14/h6,8,12H,1-5,7,9-11,13,17H2,(H,18,19). The van der Waals surface area contributed by atoms with Gasteiger partial charge >= 0.3 is 0 Å². The second kappa shape index (κ2) is 7.79. The molecular formula is C16H26N2OS. The predicted molar refractivity (Wildman–Crippen MR) is 84.9 cm³/mol. The number of thiophene rings is 1. The predicted octanol–water partition coefficient (Wildman–Crippen LogP) is 3.24. The highest BCUT2D eigenvalue weighted by Gasteiger charge is 2.33. The number of unbranched alkanes of at least 4 members (excludes halogenated alkanes) is 2. The first-order chi connectivity index (χ1) is 9.74. The van der Waals surface area contributed by atoms with Crippen LogP contribution in [0.2, 0.25) is 0 Å². The fraction of sp³-hybridized carbons (Fsp3) is 0.688. The lowest BCUT2D eigenvalue weighted by atomic mass is 9.97. The summed E-state index contributed by atoms with van der Waals surface area (Å²) >= 11 is 1.82. The van der Waals surface area contributed by atoms with Gasteiger partial charge in [0.2, 0.25) is 5.91 Å². The lowest BCUT2D eigenvalue weighted by Crippen LogP contribution is -2.51. The molecule has 112 valence electrons. The minimum atomic E-state index is -0.0892. The number of carbonyl (C=O) groups is 1. The number of aryl methyl sites for hydroxylation is 1. The maximum atomic E-state index is 12.0. The van der Waals surface area contributed by atoms with Gasteiger partial charge in [0.25, 0.3) is 0 Å². The Labute approximate surface area is 125 Å². The Hall–Kier alpha value is -0.870. The molecule has 0 saturated heterocycles. The molecule has 0 atom stereocenters. The van der Waals surface area contributed by atoms with E-state index < -0.39 is 0 Å². The quantitative estimate of drug-likeness (QED) is 0.723. The molecule has 0 aromatic carbocycles. The fourth-order valence-corrected chi connectivity index (χ4v) is 3.76. The largest absolute Gasteiger partial charge is 0.349 e. The SMILES string of the molecule is NCC1(NC(=O)CCCCCc2cccs2)CCCC1. The minimum Gasteiger partial charge on any atom is -0.349 e. The topological polar surface area (TPSA) is 55.1 Å². The highest BCUT2D eigenvalue weighted by Crippen LogP contribution is 2.28. The molecule has 0 spiro atoms. The number of carbonyl (C=O) groups excluding carboxylic acids is 1. The second-order valence-electron chi connectivity index (χ2n) is 5.88. The molecule has 1 aliphatic carbocycles. The number of nitrogens with one attached hydrogen (secondary N) is 1. The van der Waals surface area contributed by atoms with Crippen molar-refractivity contribution in [3.8, 4) is 0 Å². The van der Waals surface area contributed by atoms with Crippen molar-refractivity contribution in [1.29, 1.82) is 0 Å². The second-order valence-corrected chi connectivity index (χ2v) is 6.91. The summed E-state index contributed by atoms with van der Waals surface area (Å²) in [6.45, 7) is 0.580. The van der Waals surface area contributed by atoms with Crippen LogP contribution in [0.3, 0.4) is 0 Å². The lowest BCUT2D eigenvalue weighted by molar-refractivity contribution is -0.123. The van der Waals surface area contributed by atoms with Gasteiger partial charge in [-0.05, 0) is 43.6 Å². The van der Waals surface area contributed by atoms with Gasteiger partial charge in [-0.2, -0.15) is 0 Å². The number of amides is 1. The van der Waals surface area contributed by atoms with Gasteiger partial charge in [-0.25, -0.2) is 0 Å². The van der Waals surface area contributed by atoms with Crippen molar-refractivity contribution < 1.29 is 4.79 Å². The molecule has 1 aromatic heterocycles. The number of nitrogens with two attached hydrogens (primary N) is 1. The van der Waals surface area contributed by atoms with E-state index in [4.69, 9.17) is 5.73 Å². The van der Waals surface area contributed by atoms with Crippen molar-refractivity contribution in [2.24, 2.45) is 5.73 Å². The van der Waals surface area contributed by atoms with Gasteiger partial charge in [0.05, 0.1) is 5.54 Å². The minimum absolute atomic E-state index is 0.0892. The molecule has 1 aliphatic rings. The van der Waals surface area contributed by atoms with Gasteiger partial charge in [-0.15, -0.1) is 11.3 Å². The van der Waals surface area contributed by atoms with Crippen LogP contribution in [0.4, 0.5) is 0 Å². The molecule has 1 saturated carbocycles. The zero-order valence-corrected chi connectivity index (χ0v) is 13.0. The maximum Gasteiger partial charge on any atom is 0.220 e. The van der Waals surface area contributed by atoms with Crippen LogP contribution >= 0.6 is 11.3 Å². The average molecular weight is 294 g/mol. The van der Waals surface area contributed by atoms with E-state index in [0.29, 0.717) is 13.0 Å². The van der Waals surface area contributed by atoms with Crippen molar-refractivity contribution in [3.63, 3.8) is 0 Å². The summed E-state index contributed by atoms with van der Waals surface area (Å²) in [5.74, 6) is 0.188. The molecule has 3 nitrogen and oxygen atoms in total. The van der Waals surface area contributed by atoms with Crippen LogP contribution in [0.25, 0.3) is 0 Å². The van der Waals surface area contributed by atoms with Crippen LogP contribution in [0.1, 0.15) is 56.2 Å². The third-order valence-corrected chi connectivity index (χ3v) is 5.20. The van der Waals surface area contributed by atoms with E-state index in [-0.39, 0.29) is 11.4 Å². The molecule has 3 N–H and O–H groups in total. The van der Waals surface area contributed by atoms with Crippen molar-refractivity contribution in [2.45, 2.75) is 63.3 Å². The van der Waals surface area contributed by atoms with Crippen molar-refractivity contribution in [2.75, 3.05) is 6.54 Å². The molecule has 0 aliphatic heterocycles. The Bertz CT molecular complexity index is 397. The first-order valence-corrected chi connectivity index (χ1v) is 8.65. The van der Waals surface area contributed by atoms with Crippen molar-refractivity contribution in [3.05, 3.63) is 22.4 Å². The smallest absolute Gasteiger partial charge is 0.220 e. The van der Waals surface area contributed by atoms with Gasteiger partial charge in [0.1, 0.15) is 0 Å². The third kappa shape index (κ3) is 4.60. The molecular weight excluding hydrogens is 268 g/mol. The van der Waals surface area contributed by atoms with Crippen LogP contribution in [-0.4, -0.2) is 18.0 Å². The Balaban J connectivity index is 1.58. The molecule has 0 radical (unpaired) electrons. The summed E-state index contributed by atoms with van der Waals surface area (Å²) in [7, 11) is 0. The summed E-state index contributed by atoms with van der Waals surface area (Å²) in [5, 5.41) is 5.31. The Kier molecular flexibility index (Phi) is 6.05. The van der Waals surface area contributed by atoms with Crippen LogP contribution < -0.4 is 11.1 Å². The van der Waals surface area contributed by atoms with Gasteiger partial charge in [0, 0.05) is 17.8 Å². The molecule has 0 bridgehead atoms. The number of hydrogen-bond acceptors (Lipinski definition) is 3. The van der Waals surface area contributed by atoms with E-state index in [1.54, 1.807) is 0 Å². The maximum absolute atomic E-state index is 12.0. The van der Waals surface area contributed by atoms with E-state index in [1.165, 1.54) is 24.1 Å². The number of rotatable bonds is 8. The monoisotopic (exact) mass is 294 g/mol. The van der Waals surface area contributed by atoms with Gasteiger partial charge in [-0.3, -0.25) is 4.79 Å². The highest BCUT2D eigenvalue weighted by atomic mass is 32.1. The molecule has 1 heterocycles. The van der Waals surface area contributed by atoms with Crippen LogP contribution in [0, 0.1) is 0 Å².